The molecule has 1 aliphatic carbocycles. The number of nitrogens with zero attached hydrogens (tertiary/aromatic N) is 2. The van der Waals surface area contributed by atoms with Gasteiger partial charge in [-0.1, -0.05) is 35.9 Å². The number of nitro benzene ring substituents is 1. The molecule has 0 bridgehead atoms. The van der Waals surface area contributed by atoms with Gasteiger partial charge in [-0.05, 0) is 36.0 Å². The number of rotatable bonds is 6. The minimum atomic E-state index is -0.746. The Morgan fingerprint density at radius 2 is 1.90 bits per heavy atom. The molecule has 0 unspecified atom stereocenters. The molecule has 0 saturated carbocycles. The van der Waals surface area contributed by atoms with Crippen molar-refractivity contribution in [3.05, 3.63) is 68.8 Å². The Balaban J connectivity index is 1.85. The maximum atomic E-state index is 12.6. The molecule has 2 aromatic carbocycles. The largest absolute Gasteiger partial charge is 0.493 e. The third kappa shape index (κ3) is 4.44. The summed E-state index contributed by atoms with van der Waals surface area (Å²) >= 11 is 6.55. The van der Waals surface area contributed by atoms with Crippen LogP contribution in [0.1, 0.15) is 34.3 Å². The number of hydrogen-bond donors (Lipinski definition) is 1. The summed E-state index contributed by atoms with van der Waals surface area (Å²) in [7, 11) is 2.73. The first-order valence-corrected chi connectivity index (χ1v) is 9.54. The summed E-state index contributed by atoms with van der Waals surface area (Å²) in [5.74, 6) is -0.397. The second-order valence-corrected chi connectivity index (χ2v) is 6.91. The average molecular weight is 430 g/mol. The summed E-state index contributed by atoms with van der Waals surface area (Å²) in [6.07, 6.45) is 3.97. The lowest BCUT2D eigenvalue weighted by Gasteiger charge is -2.09. The number of methoxy groups -OCH3 is 2. The fourth-order valence-corrected chi connectivity index (χ4v) is 3.58. The highest BCUT2D eigenvalue weighted by Gasteiger charge is 2.24. The molecule has 0 atom stereocenters. The van der Waals surface area contributed by atoms with Crippen molar-refractivity contribution in [1.82, 2.24) is 5.43 Å². The maximum Gasteiger partial charge on any atom is 0.286 e. The van der Waals surface area contributed by atoms with Crippen LogP contribution in [0.25, 0.3) is 5.03 Å². The molecule has 3 rings (SSSR count). The second kappa shape index (κ2) is 9.41. The van der Waals surface area contributed by atoms with Gasteiger partial charge < -0.3 is 9.47 Å². The van der Waals surface area contributed by atoms with Gasteiger partial charge in [0.25, 0.3) is 11.6 Å². The minimum Gasteiger partial charge on any atom is -0.493 e. The monoisotopic (exact) mass is 429 g/mol. The van der Waals surface area contributed by atoms with E-state index in [1.165, 1.54) is 26.5 Å². The molecule has 30 heavy (non-hydrogen) atoms. The third-order valence-corrected chi connectivity index (χ3v) is 5.20. The molecule has 1 N–H and O–H groups in total. The number of allylic oxidation sites excluding steroid dienone is 1. The first-order valence-electron chi connectivity index (χ1n) is 9.17. The number of halogens is 1. The smallest absolute Gasteiger partial charge is 0.286 e. The zero-order chi connectivity index (χ0) is 21.7. The number of amides is 1. The molecule has 1 amide bonds. The van der Waals surface area contributed by atoms with Crippen LogP contribution in [-0.2, 0) is 6.42 Å². The predicted molar refractivity (Wildman–Crippen MR) is 114 cm³/mol. The van der Waals surface area contributed by atoms with Crippen LogP contribution in [0.5, 0.6) is 11.5 Å². The van der Waals surface area contributed by atoms with Crippen LogP contribution < -0.4 is 14.9 Å². The number of carbonyl (C=O) groups excluding carboxylic acids is 1. The van der Waals surface area contributed by atoms with Crippen molar-refractivity contribution in [3.63, 3.8) is 0 Å². The normalized spacial score (nSPS) is 13.6. The SMILES string of the molecule is COc1cc(C(=O)N/N=C/C2=C(Cl)c3ccccc3CCC2)c([N+](=O)[O-])cc1OC. The zero-order valence-corrected chi connectivity index (χ0v) is 17.2. The van der Waals surface area contributed by atoms with Crippen LogP contribution in [0.3, 0.4) is 0 Å². The first-order chi connectivity index (χ1) is 14.5. The number of nitro groups is 1. The van der Waals surface area contributed by atoms with Crippen LogP contribution >= 0.6 is 11.6 Å². The fourth-order valence-electron chi connectivity index (χ4n) is 3.26. The summed E-state index contributed by atoms with van der Waals surface area (Å²) in [5, 5.41) is 15.9. The standard InChI is InChI=1S/C21H20ClN3O5/c1-29-18-10-16(17(25(27)28)11-19(18)30-2)21(26)24-23-12-14-8-5-7-13-6-3-4-9-15(13)20(14)22/h3-4,6,9-12H,5,7-8H2,1-2H3,(H,24,26)/b23-12+. The van der Waals surface area contributed by atoms with E-state index in [4.69, 9.17) is 21.1 Å². The molecule has 0 radical (unpaired) electrons. The van der Waals surface area contributed by atoms with Gasteiger partial charge in [0.2, 0.25) is 0 Å². The Kier molecular flexibility index (Phi) is 6.68. The van der Waals surface area contributed by atoms with Gasteiger partial charge in [-0.3, -0.25) is 14.9 Å². The minimum absolute atomic E-state index is 0.151. The van der Waals surface area contributed by atoms with Crippen molar-refractivity contribution in [2.24, 2.45) is 5.10 Å². The molecule has 156 valence electrons. The molecule has 2 aromatic rings. The van der Waals surface area contributed by atoms with Gasteiger partial charge >= 0.3 is 0 Å². The molecule has 9 heteroatoms. The summed E-state index contributed by atoms with van der Waals surface area (Å²) in [6.45, 7) is 0. The zero-order valence-electron chi connectivity index (χ0n) is 16.5. The molecule has 0 heterocycles. The van der Waals surface area contributed by atoms with Crippen LogP contribution in [0.2, 0.25) is 0 Å². The Morgan fingerprint density at radius 3 is 2.60 bits per heavy atom. The van der Waals surface area contributed by atoms with Gasteiger partial charge in [0.15, 0.2) is 11.5 Å². The first kappa shape index (κ1) is 21.3. The Morgan fingerprint density at radius 1 is 1.20 bits per heavy atom. The average Bonchev–Trinajstić information content (AvgIpc) is 2.91. The lowest BCUT2D eigenvalue weighted by Crippen LogP contribution is -2.19. The number of hydrazone groups is 1. The summed E-state index contributed by atoms with van der Waals surface area (Å²) in [4.78, 5) is 23.3. The van der Waals surface area contributed by atoms with E-state index in [1.54, 1.807) is 0 Å². The van der Waals surface area contributed by atoms with Crippen molar-refractivity contribution in [1.29, 1.82) is 0 Å². The number of ether oxygens (including phenoxy) is 2. The topological polar surface area (TPSA) is 103 Å². The number of carbonyl (C=O) groups is 1. The van der Waals surface area contributed by atoms with Crippen LogP contribution in [0.15, 0.2) is 47.1 Å². The quantitative estimate of drug-likeness (QED) is 0.418. The number of nitrogens with one attached hydrogen (secondary N) is 1. The van der Waals surface area contributed by atoms with E-state index in [0.717, 1.165) is 35.6 Å². The molecule has 0 saturated heterocycles. The Bertz CT molecular complexity index is 1050. The van der Waals surface area contributed by atoms with Gasteiger partial charge in [-0.15, -0.1) is 0 Å². The summed E-state index contributed by atoms with van der Waals surface area (Å²) < 4.78 is 10.2. The highest BCUT2D eigenvalue weighted by molar-refractivity contribution is 6.50. The lowest BCUT2D eigenvalue weighted by atomic mass is 10.0. The third-order valence-electron chi connectivity index (χ3n) is 4.76. The highest BCUT2D eigenvalue weighted by atomic mass is 35.5. The van der Waals surface area contributed by atoms with Crippen LogP contribution in [0, 0.1) is 10.1 Å². The van der Waals surface area contributed by atoms with E-state index in [9.17, 15) is 14.9 Å². The van der Waals surface area contributed by atoms with Crippen molar-refractivity contribution in [2.45, 2.75) is 19.3 Å². The van der Waals surface area contributed by atoms with Gasteiger partial charge in [0.1, 0.15) is 5.56 Å². The van der Waals surface area contributed by atoms with E-state index in [1.807, 2.05) is 24.3 Å². The molecule has 0 spiro atoms. The second-order valence-electron chi connectivity index (χ2n) is 6.53. The maximum absolute atomic E-state index is 12.6. The molecular weight excluding hydrogens is 410 g/mol. The Hall–Kier alpha value is -3.39. The van der Waals surface area contributed by atoms with E-state index in [-0.39, 0.29) is 17.1 Å². The Labute approximate surface area is 178 Å². The van der Waals surface area contributed by atoms with Gasteiger partial charge in [0.05, 0.1) is 36.5 Å². The van der Waals surface area contributed by atoms with E-state index >= 15 is 0 Å². The molecule has 8 nitrogen and oxygen atoms in total. The van der Waals surface area contributed by atoms with Gasteiger partial charge in [0, 0.05) is 6.07 Å². The molecule has 0 fully saturated rings. The number of hydrogen-bond acceptors (Lipinski definition) is 6. The number of aryl methyl sites for hydroxylation is 1. The van der Waals surface area contributed by atoms with E-state index < -0.39 is 16.5 Å². The lowest BCUT2D eigenvalue weighted by molar-refractivity contribution is -0.385. The predicted octanol–water partition coefficient (Wildman–Crippen LogP) is 4.31. The highest BCUT2D eigenvalue weighted by Crippen LogP contribution is 2.35. The summed E-state index contributed by atoms with van der Waals surface area (Å²) in [5.41, 5.74) is 4.61. The van der Waals surface area contributed by atoms with Crippen molar-refractivity contribution in [2.75, 3.05) is 14.2 Å². The molecule has 1 aliphatic rings. The van der Waals surface area contributed by atoms with Crippen LogP contribution in [0.4, 0.5) is 5.69 Å². The number of fused-ring (bicyclic) bond motifs is 1. The molecular formula is C21H20ClN3O5. The number of benzene rings is 2. The fraction of sp³-hybridized carbons (Fsp3) is 0.238. The molecule has 0 aromatic heterocycles. The van der Waals surface area contributed by atoms with Crippen molar-refractivity contribution < 1.29 is 19.2 Å². The van der Waals surface area contributed by atoms with E-state index in [2.05, 4.69) is 10.5 Å². The van der Waals surface area contributed by atoms with Crippen molar-refractivity contribution in [3.8, 4) is 11.5 Å². The van der Waals surface area contributed by atoms with E-state index in [0.29, 0.717) is 11.5 Å². The van der Waals surface area contributed by atoms with Gasteiger partial charge in [-0.2, -0.15) is 5.10 Å². The molecule has 0 aliphatic heterocycles. The van der Waals surface area contributed by atoms with Gasteiger partial charge in [-0.25, -0.2) is 5.43 Å². The van der Waals surface area contributed by atoms with Crippen molar-refractivity contribution >= 4 is 34.4 Å². The summed E-state index contributed by atoms with van der Waals surface area (Å²) in [6, 6.07) is 10.3. The van der Waals surface area contributed by atoms with Crippen LogP contribution in [-0.4, -0.2) is 31.3 Å².